The minimum Gasteiger partial charge on any atom is -0.478 e. The Morgan fingerprint density at radius 3 is 2.69 bits per heavy atom. The Morgan fingerprint density at radius 2 is 1.97 bits per heavy atom. The summed E-state index contributed by atoms with van der Waals surface area (Å²) < 4.78 is 15.8. The number of carbonyl (C=O) groups is 1. The minimum atomic E-state index is -1.06. The van der Waals surface area contributed by atoms with Gasteiger partial charge in [-0.05, 0) is 24.0 Å². The third-order valence-corrected chi connectivity index (χ3v) is 3.62. The number of anilines is 2. The topological polar surface area (TPSA) is 119 Å². The highest BCUT2D eigenvalue weighted by molar-refractivity contribution is 5.88. The van der Waals surface area contributed by atoms with E-state index in [1.165, 1.54) is 24.3 Å². The van der Waals surface area contributed by atoms with E-state index in [9.17, 15) is 9.18 Å². The van der Waals surface area contributed by atoms with E-state index in [0.29, 0.717) is 17.8 Å². The summed E-state index contributed by atoms with van der Waals surface area (Å²) in [6, 6.07) is 5.75. The van der Waals surface area contributed by atoms with Crippen molar-refractivity contribution in [2.75, 3.05) is 11.9 Å². The van der Waals surface area contributed by atoms with Crippen molar-refractivity contribution in [1.82, 2.24) is 19.7 Å². The Hall–Kier alpha value is -4.21. The van der Waals surface area contributed by atoms with Gasteiger partial charge in [0.1, 0.15) is 12.2 Å². The van der Waals surface area contributed by atoms with Crippen LogP contribution in [-0.4, -0.2) is 37.4 Å². The van der Waals surface area contributed by atoms with Gasteiger partial charge in [-0.25, -0.2) is 19.2 Å². The molecule has 2 aromatic heterocycles. The van der Waals surface area contributed by atoms with Gasteiger partial charge in [0.15, 0.2) is 5.82 Å². The van der Waals surface area contributed by atoms with Crippen molar-refractivity contribution in [2.45, 2.75) is 6.54 Å². The number of aromatic nitrogens is 4. The standard InChI is InChI=1S/C20H15FN6O2/c21-17-12-23-20(26-18(17)14-5-7-15(8-6-14)19(28)29)25-16-11-24-27(13-16)10-4-2-1-3-9-22/h5-8,11-13H,9-10,22H2,(H,28,29)(H,23,25,26). The van der Waals surface area contributed by atoms with Gasteiger partial charge in [0, 0.05) is 11.8 Å². The summed E-state index contributed by atoms with van der Waals surface area (Å²) in [4.78, 5) is 19.1. The molecule has 9 heteroatoms. The Kier molecular flexibility index (Phi) is 6.15. The van der Waals surface area contributed by atoms with E-state index in [1.54, 1.807) is 17.1 Å². The summed E-state index contributed by atoms with van der Waals surface area (Å²) in [5.74, 6) is 9.23. The van der Waals surface area contributed by atoms with E-state index in [-0.39, 0.29) is 23.8 Å². The van der Waals surface area contributed by atoms with E-state index < -0.39 is 11.8 Å². The molecule has 1 aromatic carbocycles. The Labute approximate surface area is 165 Å². The number of nitrogens with one attached hydrogen (secondary N) is 1. The number of hydrogen-bond donors (Lipinski definition) is 3. The minimum absolute atomic E-state index is 0.0520. The SMILES string of the molecule is NCC#CC#CCn1cc(Nc2ncc(F)c(-c3ccc(C(=O)O)cc3)n2)cn1. The number of hydrogen-bond acceptors (Lipinski definition) is 6. The highest BCUT2D eigenvalue weighted by Crippen LogP contribution is 2.23. The second-order valence-corrected chi connectivity index (χ2v) is 5.63. The molecule has 0 aliphatic carbocycles. The van der Waals surface area contributed by atoms with Crippen molar-refractivity contribution in [2.24, 2.45) is 5.73 Å². The zero-order valence-electron chi connectivity index (χ0n) is 15.1. The molecule has 0 spiro atoms. The van der Waals surface area contributed by atoms with Crippen LogP contribution < -0.4 is 11.1 Å². The van der Waals surface area contributed by atoms with Crippen LogP contribution in [0.15, 0.2) is 42.9 Å². The first-order chi connectivity index (χ1) is 14.1. The number of carboxylic acid groups (broad SMARTS) is 1. The molecule has 4 N–H and O–H groups in total. The van der Waals surface area contributed by atoms with Crippen molar-refractivity contribution in [3.05, 3.63) is 54.2 Å². The van der Waals surface area contributed by atoms with Crippen LogP contribution in [0, 0.1) is 29.5 Å². The van der Waals surface area contributed by atoms with Crippen molar-refractivity contribution in [1.29, 1.82) is 0 Å². The largest absolute Gasteiger partial charge is 0.478 e. The number of nitrogens with zero attached hydrogens (tertiary/aromatic N) is 4. The summed E-state index contributed by atoms with van der Waals surface area (Å²) in [6.45, 7) is 0.597. The van der Waals surface area contributed by atoms with E-state index >= 15 is 0 Å². The number of rotatable bonds is 5. The average Bonchev–Trinajstić information content (AvgIpc) is 3.16. The van der Waals surface area contributed by atoms with Crippen LogP contribution in [0.5, 0.6) is 0 Å². The molecule has 0 fully saturated rings. The molecule has 29 heavy (non-hydrogen) atoms. The maximum Gasteiger partial charge on any atom is 0.335 e. The molecule has 2 heterocycles. The molecule has 0 unspecified atom stereocenters. The smallest absolute Gasteiger partial charge is 0.335 e. The van der Waals surface area contributed by atoms with Gasteiger partial charge in [0.2, 0.25) is 5.95 Å². The lowest BCUT2D eigenvalue weighted by Crippen LogP contribution is -2.01. The normalized spacial score (nSPS) is 9.72. The van der Waals surface area contributed by atoms with Gasteiger partial charge >= 0.3 is 5.97 Å². The van der Waals surface area contributed by atoms with Gasteiger partial charge in [0.25, 0.3) is 0 Å². The lowest BCUT2D eigenvalue weighted by atomic mass is 10.1. The molecular weight excluding hydrogens is 375 g/mol. The van der Waals surface area contributed by atoms with Crippen LogP contribution in [0.25, 0.3) is 11.3 Å². The zero-order valence-corrected chi connectivity index (χ0v) is 15.1. The lowest BCUT2D eigenvalue weighted by Gasteiger charge is -2.06. The average molecular weight is 390 g/mol. The molecule has 144 valence electrons. The highest BCUT2D eigenvalue weighted by Gasteiger charge is 2.11. The molecule has 3 aromatic rings. The lowest BCUT2D eigenvalue weighted by molar-refractivity contribution is 0.0697. The van der Waals surface area contributed by atoms with Crippen LogP contribution in [0.1, 0.15) is 10.4 Å². The molecule has 0 radical (unpaired) electrons. The van der Waals surface area contributed by atoms with Crippen molar-refractivity contribution in [3.8, 4) is 34.9 Å². The summed E-state index contributed by atoms with van der Waals surface area (Å²) in [6.07, 6.45) is 4.29. The first kappa shape index (κ1) is 19.5. The molecule has 0 saturated carbocycles. The third-order valence-electron chi connectivity index (χ3n) is 3.62. The van der Waals surface area contributed by atoms with Gasteiger partial charge in [-0.3, -0.25) is 4.68 Å². The fourth-order valence-corrected chi connectivity index (χ4v) is 2.30. The van der Waals surface area contributed by atoms with Crippen LogP contribution in [0.4, 0.5) is 16.0 Å². The van der Waals surface area contributed by atoms with E-state index in [1.807, 2.05) is 0 Å². The maximum atomic E-state index is 14.2. The predicted molar refractivity (Wildman–Crippen MR) is 105 cm³/mol. The first-order valence-corrected chi connectivity index (χ1v) is 8.38. The van der Waals surface area contributed by atoms with Crippen molar-refractivity contribution >= 4 is 17.6 Å². The molecule has 0 atom stereocenters. The van der Waals surface area contributed by atoms with Gasteiger partial charge in [-0.1, -0.05) is 24.0 Å². The molecule has 0 amide bonds. The summed E-state index contributed by atoms with van der Waals surface area (Å²) in [5.41, 5.74) is 6.43. The van der Waals surface area contributed by atoms with Gasteiger partial charge in [-0.15, -0.1) is 0 Å². The van der Waals surface area contributed by atoms with Crippen molar-refractivity contribution < 1.29 is 14.3 Å². The number of benzene rings is 1. The molecule has 0 bridgehead atoms. The van der Waals surface area contributed by atoms with Crippen molar-refractivity contribution in [3.63, 3.8) is 0 Å². The number of carboxylic acids is 1. The van der Waals surface area contributed by atoms with Crippen LogP contribution in [0.3, 0.4) is 0 Å². The molecule has 0 saturated heterocycles. The summed E-state index contributed by atoms with van der Waals surface area (Å²) in [5, 5.41) is 16.1. The van der Waals surface area contributed by atoms with Gasteiger partial charge in [0.05, 0.1) is 30.2 Å². The highest BCUT2D eigenvalue weighted by atomic mass is 19.1. The van der Waals surface area contributed by atoms with E-state index in [2.05, 4.69) is 44.1 Å². The zero-order chi connectivity index (χ0) is 20.6. The monoisotopic (exact) mass is 390 g/mol. The van der Waals surface area contributed by atoms with Gasteiger partial charge in [-0.2, -0.15) is 5.10 Å². The second-order valence-electron chi connectivity index (χ2n) is 5.63. The molecule has 0 aliphatic rings. The van der Waals surface area contributed by atoms with E-state index in [4.69, 9.17) is 10.8 Å². The van der Waals surface area contributed by atoms with E-state index in [0.717, 1.165) is 6.20 Å². The van der Waals surface area contributed by atoms with Crippen LogP contribution in [-0.2, 0) is 6.54 Å². The fraction of sp³-hybridized carbons (Fsp3) is 0.100. The molecule has 8 nitrogen and oxygen atoms in total. The Bertz CT molecular complexity index is 1150. The van der Waals surface area contributed by atoms with Crippen LogP contribution >= 0.6 is 0 Å². The molecule has 0 aliphatic heterocycles. The van der Waals surface area contributed by atoms with Gasteiger partial charge < -0.3 is 16.2 Å². The Balaban J connectivity index is 1.75. The maximum absolute atomic E-state index is 14.2. The number of halogens is 1. The number of aromatic carboxylic acids is 1. The fourth-order valence-electron chi connectivity index (χ4n) is 2.30. The first-order valence-electron chi connectivity index (χ1n) is 8.38. The quantitative estimate of drug-likeness (QED) is 0.569. The predicted octanol–water partition coefficient (Wildman–Crippen LogP) is 1.89. The molecular formula is C20H15FN6O2. The Morgan fingerprint density at radius 1 is 1.21 bits per heavy atom. The van der Waals surface area contributed by atoms with Crippen LogP contribution in [0.2, 0.25) is 0 Å². The second kappa shape index (κ2) is 9.13. The third kappa shape index (κ3) is 5.16. The molecule has 3 rings (SSSR count). The summed E-state index contributed by atoms with van der Waals surface area (Å²) >= 11 is 0. The summed E-state index contributed by atoms with van der Waals surface area (Å²) in [7, 11) is 0. The number of nitrogens with two attached hydrogens (primary N) is 1.